The molecular weight excluding hydrogens is 406 g/mol. The first-order valence-corrected chi connectivity index (χ1v) is 9.84. The maximum Gasteiger partial charge on any atom is 0.195 e. The van der Waals surface area contributed by atoms with Gasteiger partial charge in [0.15, 0.2) is 5.78 Å². The van der Waals surface area contributed by atoms with Gasteiger partial charge in [-0.25, -0.2) is 0 Å². The molecule has 2 heterocycles. The number of methoxy groups -OCH3 is 1. The van der Waals surface area contributed by atoms with Gasteiger partial charge in [0.25, 0.3) is 0 Å². The minimum Gasteiger partial charge on any atom is -0.497 e. The fraction of sp³-hybridized carbons (Fsp3) is 0.318. The molecule has 2 aromatic rings. The number of aromatic nitrogens is 1. The number of nitrogens with one attached hydrogen (secondary N) is 1. The molecule has 1 N–H and O–H groups in total. The van der Waals surface area contributed by atoms with E-state index in [2.05, 4.69) is 34.4 Å². The normalized spacial score (nSPS) is 19.1. The van der Waals surface area contributed by atoms with Crippen molar-refractivity contribution >= 4 is 32.6 Å². The first kappa shape index (κ1) is 18.3. The molecule has 140 valence electrons. The van der Waals surface area contributed by atoms with Crippen LogP contribution in [0.2, 0.25) is 0 Å². The molecule has 1 saturated heterocycles. The second kappa shape index (κ2) is 6.80. The molecule has 0 unspecified atom stereocenters. The Morgan fingerprint density at radius 3 is 2.81 bits per heavy atom. The predicted octanol–water partition coefficient (Wildman–Crippen LogP) is 5.21. The molecule has 1 spiro atoms. The van der Waals surface area contributed by atoms with E-state index in [1.807, 2.05) is 24.3 Å². The number of benzene rings is 1. The SMILES string of the molecule is C=C(/C=C\C1=C(C)C2(CCOCC2)c2[nH]c3cc(Br)ccc3c2C1=O)OC. The van der Waals surface area contributed by atoms with Gasteiger partial charge in [-0.3, -0.25) is 4.79 Å². The topological polar surface area (TPSA) is 51.3 Å². The van der Waals surface area contributed by atoms with Crippen molar-refractivity contribution in [3.8, 4) is 0 Å². The molecule has 1 aliphatic carbocycles. The molecule has 0 radical (unpaired) electrons. The van der Waals surface area contributed by atoms with Crippen molar-refractivity contribution in [2.75, 3.05) is 20.3 Å². The summed E-state index contributed by atoms with van der Waals surface area (Å²) in [6, 6.07) is 6.02. The van der Waals surface area contributed by atoms with Gasteiger partial charge in [0, 0.05) is 45.3 Å². The number of hydrogen-bond donors (Lipinski definition) is 1. The number of halogens is 1. The van der Waals surface area contributed by atoms with Crippen LogP contribution in [0.4, 0.5) is 0 Å². The number of carbonyl (C=O) groups excluding carboxylic acids is 1. The zero-order valence-electron chi connectivity index (χ0n) is 15.5. The molecule has 1 aliphatic heterocycles. The minimum atomic E-state index is -0.207. The summed E-state index contributed by atoms with van der Waals surface area (Å²) in [4.78, 5) is 17.0. The number of H-pyrrole nitrogens is 1. The highest BCUT2D eigenvalue weighted by Crippen LogP contribution is 2.49. The lowest BCUT2D eigenvalue weighted by Gasteiger charge is -2.41. The Morgan fingerprint density at radius 2 is 2.11 bits per heavy atom. The van der Waals surface area contributed by atoms with Crippen LogP contribution in [-0.4, -0.2) is 31.1 Å². The third-order valence-corrected chi connectivity index (χ3v) is 6.37. The van der Waals surface area contributed by atoms with Gasteiger partial charge in [-0.15, -0.1) is 0 Å². The van der Waals surface area contributed by atoms with Gasteiger partial charge >= 0.3 is 0 Å². The van der Waals surface area contributed by atoms with Crippen molar-refractivity contribution < 1.29 is 14.3 Å². The molecule has 4 rings (SSSR count). The molecule has 1 fully saturated rings. The molecule has 1 aromatic carbocycles. The van der Waals surface area contributed by atoms with E-state index in [1.54, 1.807) is 13.2 Å². The lowest BCUT2D eigenvalue weighted by molar-refractivity contribution is 0.0590. The summed E-state index contributed by atoms with van der Waals surface area (Å²) in [5, 5.41) is 0.966. The Labute approximate surface area is 167 Å². The average molecular weight is 428 g/mol. The summed E-state index contributed by atoms with van der Waals surface area (Å²) >= 11 is 3.53. The first-order chi connectivity index (χ1) is 13.0. The van der Waals surface area contributed by atoms with Crippen LogP contribution in [0.25, 0.3) is 10.9 Å². The van der Waals surface area contributed by atoms with Gasteiger partial charge in [-0.2, -0.15) is 0 Å². The molecule has 2 aliphatic rings. The fourth-order valence-corrected chi connectivity index (χ4v) is 4.67. The van der Waals surface area contributed by atoms with E-state index in [-0.39, 0.29) is 11.2 Å². The first-order valence-electron chi connectivity index (χ1n) is 9.04. The highest BCUT2D eigenvalue weighted by atomic mass is 79.9. The highest BCUT2D eigenvalue weighted by Gasteiger charge is 2.46. The molecule has 0 amide bonds. The van der Waals surface area contributed by atoms with Crippen LogP contribution in [0, 0.1) is 0 Å². The van der Waals surface area contributed by atoms with E-state index in [4.69, 9.17) is 9.47 Å². The molecule has 1 aromatic heterocycles. The van der Waals surface area contributed by atoms with E-state index in [9.17, 15) is 4.79 Å². The second-order valence-corrected chi connectivity index (χ2v) is 8.05. The second-order valence-electron chi connectivity index (χ2n) is 7.13. The monoisotopic (exact) mass is 427 g/mol. The largest absolute Gasteiger partial charge is 0.497 e. The summed E-state index contributed by atoms with van der Waals surface area (Å²) in [6.45, 7) is 7.28. The number of hydrogen-bond acceptors (Lipinski definition) is 3. The van der Waals surface area contributed by atoms with Gasteiger partial charge < -0.3 is 14.5 Å². The smallest absolute Gasteiger partial charge is 0.195 e. The van der Waals surface area contributed by atoms with Crippen LogP contribution in [0.1, 0.15) is 35.8 Å². The van der Waals surface area contributed by atoms with E-state index < -0.39 is 0 Å². The third-order valence-electron chi connectivity index (χ3n) is 5.88. The minimum absolute atomic E-state index is 0.0494. The summed E-state index contributed by atoms with van der Waals surface area (Å²) in [5.41, 5.74) is 4.41. The van der Waals surface area contributed by atoms with E-state index in [1.165, 1.54) is 0 Å². The predicted molar refractivity (Wildman–Crippen MR) is 110 cm³/mol. The fourth-order valence-electron chi connectivity index (χ4n) is 4.30. The van der Waals surface area contributed by atoms with Gasteiger partial charge in [0.2, 0.25) is 0 Å². The number of allylic oxidation sites excluding steroid dienone is 4. The van der Waals surface area contributed by atoms with Gasteiger partial charge in [-0.05, 0) is 49.6 Å². The summed E-state index contributed by atoms with van der Waals surface area (Å²) in [5.74, 6) is 0.575. The molecular formula is C22H22BrNO3. The van der Waals surface area contributed by atoms with Crippen molar-refractivity contribution in [2.24, 2.45) is 0 Å². The van der Waals surface area contributed by atoms with Gasteiger partial charge in [-0.1, -0.05) is 28.6 Å². The molecule has 4 nitrogen and oxygen atoms in total. The van der Waals surface area contributed by atoms with Crippen molar-refractivity contribution in [3.63, 3.8) is 0 Å². The number of ether oxygens (including phenoxy) is 2. The average Bonchev–Trinajstić information content (AvgIpc) is 3.06. The maximum absolute atomic E-state index is 13.5. The van der Waals surface area contributed by atoms with Crippen LogP contribution < -0.4 is 0 Å². The van der Waals surface area contributed by atoms with Crippen LogP contribution >= 0.6 is 15.9 Å². The van der Waals surface area contributed by atoms with Gasteiger partial charge in [0.1, 0.15) is 5.76 Å². The van der Waals surface area contributed by atoms with Crippen molar-refractivity contribution in [1.29, 1.82) is 0 Å². The number of fused-ring (bicyclic) bond motifs is 4. The van der Waals surface area contributed by atoms with E-state index in [0.717, 1.165) is 50.6 Å². The summed E-state index contributed by atoms with van der Waals surface area (Å²) in [6.07, 6.45) is 5.33. The van der Waals surface area contributed by atoms with Crippen molar-refractivity contribution in [1.82, 2.24) is 4.98 Å². The lowest BCUT2D eigenvalue weighted by atomic mass is 9.65. The summed E-state index contributed by atoms with van der Waals surface area (Å²) < 4.78 is 11.8. The zero-order valence-corrected chi connectivity index (χ0v) is 17.1. The zero-order chi connectivity index (χ0) is 19.2. The molecule has 0 bridgehead atoms. The van der Waals surface area contributed by atoms with E-state index >= 15 is 0 Å². The third kappa shape index (κ3) is 2.80. The number of rotatable bonds is 3. The van der Waals surface area contributed by atoms with Crippen molar-refractivity contribution in [2.45, 2.75) is 25.2 Å². The Morgan fingerprint density at radius 1 is 1.37 bits per heavy atom. The number of aromatic amines is 1. The van der Waals surface area contributed by atoms with Crippen LogP contribution in [0.5, 0.6) is 0 Å². The number of carbonyl (C=O) groups is 1. The number of ketones is 1. The van der Waals surface area contributed by atoms with E-state index in [0.29, 0.717) is 19.0 Å². The summed E-state index contributed by atoms with van der Waals surface area (Å²) in [7, 11) is 1.58. The standard InChI is InChI=1S/C22H22BrNO3/c1-13(26-3)4-6-16-14(2)22(8-10-27-11-9-22)21-19(20(16)25)17-7-5-15(23)12-18(17)24-21/h4-7,12,24H,1,8-11H2,2-3H3/b6-4-. The van der Waals surface area contributed by atoms with Crippen LogP contribution in [0.15, 0.2) is 58.3 Å². The molecule has 27 heavy (non-hydrogen) atoms. The molecule has 0 saturated carbocycles. The van der Waals surface area contributed by atoms with Crippen molar-refractivity contribution in [3.05, 3.63) is 69.6 Å². The highest BCUT2D eigenvalue weighted by molar-refractivity contribution is 9.10. The Hall–Kier alpha value is -2.11. The van der Waals surface area contributed by atoms with Crippen LogP contribution in [0.3, 0.4) is 0 Å². The Kier molecular flexibility index (Phi) is 4.60. The Balaban J connectivity index is 1.97. The lowest BCUT2D eigenvalue weighted by Crippen LogP contribution is -2.40. The quantitative estimate of drug-likeness (QED) is 0.540. The Bertz CT molecular complexity index is 1010. The maximum atomic E-state index is 13.5. The van der Waals surface area contributed by atoms with Gasteiger partial charge in [0.05, 0.1) is 12.7 Å². The molecule has 5 heteroatoms. The molecule has 0 atom stereocenters. The number of Topliss-reactive ketones (excluding diaryl/α,β-unsaturated/α-hetero) is 1. The van der Waals surface area contributed by atoms with Crippen LogP contribution in [-0.2, 0) is 14.9 Å².